The molecule has 1 N–H and O–H groups in total. The second-order valence-electron chi connectivity index (χ2n) is 4.06. The van der Waals surface area contributed by atoms with Crippen LogP contribution in [-0.2, 0) is 4.79 Å². The third-order valence-electron chi connectivity index (χ3n) is 3.01. The quantitative estimate of drug-likeness (QED) is 0.784. The fourth-order valence-electron chi connectivity index (χ4n) is 2.12. The molecule has 4 heteroatoms. The standard InChI is InChI=1S/C12H12N2O2/c15-11-1-3-13-7-10(11)9-5-8-2-4-16-12(8)14-6-9/h2,4-6,10,13H,1,3,7H2. The molecule has 1 fully saturated rings. The summed E-state index contributed by atoms with van der Waals surface area (Å²) in [5, 5.41) is 4.19. The van der Waals surface area contributed by atoms with Crippen LogP contribution in [0.25, 0.3) is 11.1 Å². The maximum Gasteiger partial charge on any atom is 0.225 e. The van der Waals surface area contributed by atoms with Crippen molar-refractivity contribution in [3.05, 3.63) is 30.2 Å². The zero-order chi connectivity index (χ0) is 11.0. The van der Waals surface area contributed by atoms with Crippen molar-refractivity contribution in [1.29, 1.82) is 0 Å². The third kappa shape index (κ3) is 1.51. The van der Waals surface area contributed by atoms with Gasteiger partial charge in [0.2, 0.25) is 5.71 Å². The average molecular weight is 216 g/mol. The molecule has 0 amide bonds. The summed E-state index contributed by atoms with van der Waals surface area (Å²) in [6.07, 6.45) is 3.96. The summed E-state index contributed by atoms with van der Waals surface area (Å²) in [6, 6.07) is 3.86. The number of fused-ring (bicyclic) bond motifs is 1. The van der Waals surface area contributed by atoms with Crippen molar-refractivity contribution < 1.29 is 9.21 Å². The molecule has 16 heavy (non-hydrogen) atoms. The molecule has 0 radical (unpaired) electrons. The van der Waals surface area contributed by atoms with Crippen molar-refractivity contribution >= 4 is 16.9 Å². The predicted octanol–water partition coefficient (Wildman–Crippen LogP) is 1.47. The zero-order valence-electron chi connectivity index (χ0n) is 8.77. The van der Waals surface area contributed by atoms with Crippen LogP contribution in [-0.4, -0.2) is 23.9 Å². The molecule has 1 unspecified atom stereocenters. The number of ketones is 1. The Morgan fingerprint density at radius 3 is 3.31 bits per heavy atom. The third-order valence-corrected chi connectivity index (χ3v) is 3.01. The smallest absolute Gasteiger partial charge is 0.225 e. The summed E-state index contributed by atoms with van der Waals surface area (Å²) in [4.78, 5) is 16.0. The second-order valence-corrected chi connectivity index (χ2v) is 4.06. The van der Waals surface area contributed by atoms with Crippen LogP contribution in [0, 0.1) is 0 Å². The zero-order valence-corrected chi connectivity index (χ0v) is 8.77. The van der Waals surface area contributed by atoms with Crippen molar-refractivity contribution in [3.8, 4) is 0 Å². The van der Waals surface area contributed by atoms with E-state index >= 15 is 0 Å². The van der Waals surface area contributed by atoms with Crippen LogP contribution in [0.15, 0.2) is 29.0 Å². The van der Waals surface area contributed by atoms with Crippen LogP contribution in [0.4, 0.5) is 0 Å². The molecule has 3 rings (SSSR count). The predicted molar refractivity (Wildman–Crippen MR) is 59.2 cm³/mol. The van der Waals surface area contributed by atoms with Crippen molar-refractivity contribution in [3.63, 3.8) is 0 Å². The van der Waals surface area contributed by atoms with Gasteiger partial charge in [0.15, 0.2) is 0 Å². The van der Waals surface area contributed by atoms with Crippen LogP contribution >= 0.6 is 0 Å². The van der Waals surface area contributed by atoms with Crippen LogP contribution in [0.3, 0.4) is 0 Å². The molecule has 0 bridgehead atoms. The molecule has 0 aromatic carbocycles. The lowest BCUT2D eigenvalue weighted by atomic mass is 9.91. The number of nitrogens with zero attached hydrogens (tertiary/aromatic N) is 1. The van der Waals surface area contributed by atoms with Crippen LogP contribution < -0.4 is 5.32 Å². The SMILES string of the molecule is O=C1CCNCC1c1cnc2occc2c1. The van der Waals surface area contributed by atoms with Gasteiger partial charge < -0.3 is 9.73 Å². The van der Waals surface area contributed by atoms with Gasteiger partial charge in [0.1, 0.15) is 5.78 Å². The van der Waals surface area contributed by atoms with Gasteiger partial charge in [0.25, 0.3) is 0 Å². The van der Waals surface area contributed by atoms with Gasteiger partial charge in [-0.1, -0.05) is 0 Å². The highest BCUT2D eigenvalue weighted by Gasteiger charge is 2.24. The summed E-state index contributed by atoms with van der Waals surface area (Å²) < 4.78 is 5.18. The minimum Gasteiger partial charge on any atom is -0.446 e. The number of hydrogen-bond donors (Lipinski definition) is 1. The Labute approximate surface area is 92.7 Å². The number of nitrogens with one attached hydrogen (secondary N) is 1. The topological polar surface area (TPSA) is 55.1 Å². The first-order valence-corrected chi connectivity index (χ1v) is 5.41. The summed E-state index contributed by atoms with van der Waals surface area (Å²) >= 11 is 0. The van der Waals surface area contributed by atoms with E-state index in [0.717, 1.165) is 17.5 Å². The molecule has 2 aromatic heterocycles. The number of pyridine rings is 1. The normalized spacial score (nSPS) is 21.5. The van der Waals surface area contributed by atoms with Crippen molar-refractivity contribution in [2.24, 2.45) is 0 Å². The lowest BCUT2D eigenvalue weighted by Gasteiger charge is -2.21. The Morgan fingerprint density at radius 1 is 1.50 bits per heavy atom. The summed E-state index contributed by atoms with van der Waals surface area (Å²) in [5.74, 6) is 0.240. The van der Waals surface area contributed by atoms with Gasteiger partial charge in [-0.05, 0) is 17.7 Å². The number of Topliss-reactive ketones (excluding diaryl/α,β-unsaturated/α-hetero) is 1. The molecule has 4 nitrogen and oxygen atoms in total. The molecule has 1 aliphatic heterocycles. The monoisotopic (exact) mass is 216 g/mol. The molecule has 0 aliphatic carbocycles. The Hall–Kier alpha value is -1.68. The molecule has 1 saturated heterocycles. The van der Waals surface area contributed by atoms with E-state index in [1.165, 1.54) is 0 Å². The van der Waals surface area contributed by atoms with Gasteiger partial charge in [-0.3, -0.25) is 4.79 Å². The van der Waals surface area contributed by atoms with E-state index in [1.54, 1.807) is 12.5 Å². The Bertz CT molecular complexity index is 533. The molecular formula is C12H12N2O2. The first-order chi connectivity index (χ1) is 7.84. The number of piperidine rings is 1. The van der Waals surface area contributed by atoms with Gasteiger partial charge in [0.05, 0.1) is 12.2 Å². The molecular weight excluding hydrogens is 204 g/mol. The molecule has 0 saturated carbocycles. The number of carbonyl (C=O) groups is 1. The fraction of sp³-hybridized carbons (Fsp3) is 0.333. The number of carbonyl (C=O) groups excluding carboxylic acids is 1. The van der Waals surface area contributed by atoms with Gasteiger partial charge in [0, 0.05) is 31.1 Å². The Morgan fingerprint density at radius 2 is 2.44 bits per heavy atom. The number of furan rings is 1. The number of aromatic nitrogens is 1. The van der Waals surface area contributed by atoms with Crippen molar-refractivity contribution in [2.75, 3.05) is 13.1 Å². The lowest BCUT2D eigenvalue weighted by Crippen LogP contribution is -2.35. The minimum absolute atomic E-state index is 0.0550. The minimum atomic E-state index is -0.0550. The number of rotatable bonds is 1. The van der Waals surface area contributed by atoms with E-state index in [-0.39, 0.29) is 5.92 Å². The fourth-order valence-corrected chi connectivity index (χ4v) is 2.12. The second kappa shape index (κ2) is 3.72. The van der Waals surface area contributed by atoms with E-state index in [1.807, 2.05) is 12.1 Å². The largest absolute Gasteiger partial charge is 0.446 e. The maximum absolute atomic E-state index is 11.8. The van der Waals surface area contributed by atoms with Gasteiger partial charge >= 0.3 is 0 Å². The van der Waals surface area contributed by atoms with E-state index in [0.29, 0.717) is 24.5 Å². The van der Waals surface area contributed by atoms with Gasteiger partial charge in [-0.2, -0.15) is 0 Å². The Balaban J connectivity index is 2.00. The van der Waals surface area contributed by atoms with Crippen LogP contribution in [0.2, 0.25) is 0 Å². The molecule has 3 heterocycles. The summed E-state index contributed by atoms with van der Waals surface area (Å²) in [6.45, 7) is 1.50. The first kappa shape index (κ1) is 9.54. The number of hydrogen-bond acceptors (Lipinski definition) is 4. The van der Waals surface area contributed by atoms with Gasteiger partial charge in [-0.15, -0.1) is 0 Å². The van der Waals surface area contributed by atoms with E-state index in [4.69, 9.17) is 4.42 Å². The molecule has 1 atom stereocenters. The highest BCUT2D eigenvalue weighted by Crippen LogP contribution is 2.23. The maximum atomic E-state index is 11.8. The molecule has 1 aliphatic rings. The molecule has 0 spiro atoms. The molecule has 2 aromatic rings. The Kier molecular flexibility index (Phi) is 2.22. The van der Waals surface area contributed by atoms with E-state index < -0.39 is 0 Å². The van der Waals surface area contributed by atoms with Crippen molar-refractivity contribution in [2.45, 2.75) is 12.3 Å². The van der Waals surface area contributed by atoms with Crippen LogP contribution in [0.1, 0.15) is 17.9 Å². The highest BCUT2D eigenvalue weighted by atomic mass is 16.3. The van der Waals surface area contributed by atoms with E-state index in [2.05, 4.69) is 10.3 Å². The van der Waals surface area contributed by atoms with Crippen molar-refractivity contribution in [1.82, 2.24) is 10.3 Å². The average Bonchev–Trinajstić information content (AvgIpc) is 2.76. The van der Waals surface area contributed by atoms with Crippen LogP contribution in [0.5, 0.6) is 0 Å². The lowest BCUT2D eigenvalue weighted by molar-refractivity contribution is -0.121. The van der Waals surface area contributed by atoms with Gasteiger partial charge in [-0.25, -0.2) is 4.98 Å². The summed E-state index contributed by atoms with van der Waals surface area (Å²) in [5.41, 5.74) is 1.60. The first-order valence-electron chi connectivity index (χ1n) is 5.41. The van der Waals surface area contributed by atoms with E-state index in [9.17, 15) is 4.79 Å². The summed E-state index contributed by atoms with van der Waals surface area (Å²) in [7, 11) is 0. The molecule has 82 valence electrons. The highest BCUT2D eigenvalue weighted by molar-refractivity contribution is 5.88.